The van der Waals surface area contributed by atoms with Crippen LogP contribution in [-0.2, 0) is 15.7 Å². The SMILES string of the molecule is COC(=O)c1cc2c(F)cc(F)c(F)c2n1CCO[Si](C)(C)C(C)(C)C. The second kappa shape index (κ2) is 7.07. The van der Waals surface area contributed by atoms with Gasteiger partial charge < -0.3 is 13.7 Å². The summed E-state index contributed by atoms with van der Waals surface area (Å²) >= 11 is 0. The number of esters is 1. The van der Waals surface area contributed by atoms with Gasteiger partial charge in [0.25, 0.3) is 0 Å². The van der Waals surface area contributed by atoms with Crippen molar-refractivity contribution in [2.45, 2.75) is 45.4 Å². The van der Waals surface area contributed by atoms with Crippen LogP contribution in [0.15, 0.2) is 12.1 Å². The van der Waals surface area contributed by atoms with E-state index in [0.29, 0.717) is 6.07 Å². The lowest BCUT2D eigenvalue weighted by atomic mass is 10.2. The fourth-order valence-electron chi connectivity index (χ4n) is 2.45. The standard InChI is InChI=1S/C18H24F3NO3Si/c1-18(2,3)26(5,6)25-8-7-22-14(17(23)24-4)9-11-12(19)10-13(20)15(21)16(11)22/h9-10H,7-8H2,1-6H3. The summed E-state index contributed by atoms with van der Waals surface area (Å²) in [5.74, 6) is -4.21. The zero-order valence-electron chi connectivity index (χ0n) is 15.9. The van der Waals surface area contributed by atoms with Crippen molar-refractivity contribution in [2.24, 2.45) is 0 Å². The third-order valence-corrected chi connectivity index (χ3v) is 9.54. The molecular weight excluding hydrogens is 363 g/mol. The zero-order valence-corrected chi connectivity index (χ0v) is 16.9. The Morgan fingerprint density at radius 3 is 2.31 bits per heavy atom. The smallest absolute Gasteiger partial charge is 0.354 e. The Morgan fingerprint density at radius 2 is 1.77 bits per heavy atom. The lowest BCUT2D eigenvalue weighted by Gasteiger charge is -2.36. The number of benzene rings is 1. The first-order valence-electron chi connectivity index (χ1n) is 8.29. The van der Waals surface area contributed by atoms with Gasteiger partial charge in [0.05, 0.1) is 19.2 Å². The van der Waals surface area contributed by atoms with E-state index in [1.807, 2.05) is 0 Å². The molecule has 0 saturated carbocycles. The van der Waals surface area contributed by atoms with Crippen LogP contribution in [0.5, 0.6) is 0 Å². The van der Waals surface area contributed by atoms with Crippen LogP contribution in [0.25, 0.3) is 10.9 Å². The molecule has 1 aromatic heterocycles. The molecule has 0 spiro atoms. The number of ether oxygens (including phenoxy) is 1. The topological polar surface area (TPSA) is 40.5 Å². The van der Waals surface area contributed by atoms with Crippen LogP contribution in [0.2, 0.25) is 18.1 Å². The highest BCUT2D eigenvalue weighted by Gasteiger charge is 2.37. The minimum Gasteiger partial charge on any atom is -0.464 e. The van der Waals surface area contributed by atoms with Crippen LogP contribution < -0.4 is 0 Å². The van der Waals surface area contributed by atoms with Crippen LogP contribution >= 0.6 is 0 Å². The fourth-order valence-corrected chi connectivity index (χ4v) is 3.48. The molecule has 0 fully saturated rings. The molecule has 1 aromatic carbocycles. The van der Waals surface area contributed by atoms with Crippen LogP contribution in [0, 0.1) is 17.5 Å². The average molecular weight is 387 g/mol. The van der Waals surface area contributed by atoms with E-state index in [-0.39, 0.29) is 34.8 Å². The Bertz CT molecular complexity index is 841. The van der Waals surface area contributed by atoms with Crippen LogP contribution in [0.3, 0.4) is 0 Å². The summed E-state index contributed by atoms with van der Waals surface area (Å²) < 4.78 is 54.0. The Kier molecular flexibility index (Phi) is 5.58. The number of hydrogen-bond donors (Lipinski definition) is 0. The van der Waals surface area contributed by atoms with Crippen LogP contribution in [-0.4, -0.2) is 32.6 Å². The summed E-state index contributed by atoms with van der Waals surface area (Å²) in [6, 6.07) is 1.64. The molecule has 4 nitrogen and oxygen atoms in total. The highest BCUT2D eigenvalue weighted by atomic mass is 28.4. The quantitative estimate of drug-likeness (QED) is 0.418. The van der Waals surface area contributed by atoms with Crippen molar-refractivity contribution in [3.63, 3.8) is 0 Å². The van der Waals surface area contributed by atoms with E-state index in [0.717, 1.165) is 0 Å². The minimum atomic E-state index is -2.07. The average Bonchev–Trinajstić information content (AvgIpc) is 2.91. The molecular formula is C18H24F3NO3Si. The number of carbonyl (C=O) groups is 1. The zero-order chi connectivity index (χ0) is 19.9. The number of methoxy groups -OCH3 is 1. The Labute approximate surface area is 152 Å². The van der Waals surface area contributed by atoms with E-state index in [9.17, 15) is 18.0 Å². The second-order valence-electron chi connectivity index (χ2n) is 7.70. The van der Waals surface area contributed by atoms with Crippen molar-refractivity contribution in [3.05, 3.63) is 35.3 Å². The van der Waals surface area contributed by atoms with Crippen molar-refractivity contribution >= 4 is 25.2 Å². The summed E-state index contributed by atoms with van der Waals surface area (Å²) in [7, 11) is -0.895. The first-order valence-corrected chi connectivity index (χ1v) is 11.2. The van der Waals surface area contributed by atoms with E-state index in [2.05, 4.69) is 38.6 Å². The number of rotatable bonds is 5. The molecule has 0 aliphatic heterocycles. The van der Waals surface area contributed by atoms with Crippen molar-refractivity contribution in [3.8, 4) is 0 Å². The Morgan fingerprint density at radius 1 is 1.15 bits per heavy atom. The molecule has 0 amide bonds. The minimum absolute atomic E-state index is 0.0274. The van der Waals surface area contributed by atoms with Gasteiger partial charge in [-0.1, -0.05) is 20.8 Å². The lowest BCUT2D eigenvalue weighted by molar-refractivity contribution is 0.0588. The molecule has 0 bridgehead atoms. The van der Waals surface area contributed by atoms with Gasteiger partial charge in [-0.15, -0.1) is 0 Å². The van der Waals surface area contributed by atoms with E-state index in [1.165, 1.54) is 17.7 Å². The predicted molar refractivity (Wildman–Crippen MR) is 96.3 cm³/mol. The van der Waals surface area contributed by atoms with Gasteiger partial charge in [-0.25, -0.2) is 18.0 Å². The Hall–Kier alpha value is -1.80. The van der Waals surface area contributed by atoms with Gasteiger partial charge in [-0.3, -0.25) is 0 Å². The molecule has 0 unspecified atom stereocenters. The summed E-state index contributed by atoms with van der Waals surface area (Å²) in [4.78, 5) is 12.0. The monoisotopic (exact) mass is 387 g/mol. The molecule has 0 N–H and O–H groups in total. The van der Waals surface area contributed by atoms with Crippen molar-refractivity contribution in [1.82, 2.24) is 4.57 Å². The summed E-state index contributed by atoms with van der Waals surface area (Å²) in [5, 5.41) is -0.197. The highest BCUT2D eigenvalue weighted by Crippen LogP contribution is 2.36. The lowest BCUT2D eigenvalue weighted by Crippen LogP contribution is -2.41. The number of fused-ring (bicyclic) bond motifs is 1. The van der Waals surface area contributed by atoms with Gasteiger partial charge in [0, 0.05) is 18.0 Å². The molecule has 2 rings (SSSR count). The molecule has 0 aliphatic carbocycles. The van der Waals surface area contributed by atoms with E-state index < -0.39 is 31.7 Å². The summed E-state index contributed by atoms with van der Waals surface area (Å²) in [6.07, 6.45) is 0. The molecule has 8 heteroatoms. The molecule has 26 heavy (non-hydrogen) atoms. The Balaban J connectivity index is 2.46. The first kappa shape index (κ1) is 20.5. The van der Waals surface area contributed by atoms with Crippen molar-refractivity contribution in [2.75, 3.05) is 13.7 Å². The maximum absolute atomic E-state index is 14.3. The van der Waals surface area contributed by atoms with E-state index in [1.54, 1.807) is 0 Å². The second-order valence-corrected chi connectivity index (χ2v) is 12.5. The number of halogens is 3. The molecule has 0 aliphatic rings. The largest absolute Gasteiger partial charge is 0.464 e. The van der Waals surface area contributed by atoms with Crippen molar-refractivity contribution in [1.29, 1.82) is 0 Å². The van der Waals surface area contributed by atoms with Gasteiger partial charge in [-0.05, 0) is 24.2 Å². The first-order chi connectivity index (χ1) is 11.9. The van der Waals surface area contributed by atoms with Crippen LogP contribution in [0.1, 0.15) is 31.3 Å². The molecule has 144 valence electrons. The van der Waals surface area contributed by atoms with Gasteiger partial charge >= 0.3 is 5.97 Å². The third kappa shape index (κ3) is 3.66. The van der Waals surface area contributed by atoms with Gasteiger partial charge in [0.1, 0.15) is 11.5 Å². The summed E-state index contributed by atoms with van der Waals surface area (Å²) in [6.45, 7) is 10.6. The number of carbonyl (C=O) groups excluding carboxylic acids is 1. The maximum Gasteiger partial charge on any atom is 0.354 e. The normalized spacial score (nSPS) is 12.7. The highest BCUT2D eigenvalue weighted by molar-refractivity contribution is 6.74. The van der Waals surface area contributed by atoms with Gasteiger partial charge in [0.15, 0.2) is 20.0 Å². The molecule has 0 radical (unpaired) electrons. The third-order valence-electron chi connectivity index (χ3n) is 5.00. The number of nitrogens with zero attached hydrogens (tertiary/aromatic N) is 1. The molecule has 2 aromatic rings. The van der Waals surface area contributed by atoms with Gasteiger partial charge in [0.2, 0.25) is 0 Å². The van der Waals surface area contributed by atoms with Gasteiger partial charge in [-0.2, -0.15) is 0 Å². The maximum atomic E-state index is 14.3. The summed E-state index contributed by atoms with van der Waals surface area (Å²) in [5.41, 5.74) is -0.355. The molecule has 0 saturated heterocycles. The van der Waals surface area contributed by atoms with Crippen molar-refractivity contribution < 1.29 is 27.1 Å². The fraction of sp³-hybridized carbons (Fsp3) is 0.500. The molecule has 1 heterocycles. The predicted octanol–water partition coefficient (Wildman–Crippen LogP) is 4.87. The van der Waals surface area contributed by atoms with E-state index >= 15 is 0 Å². The van der Waals surface area contributed by atoms with E-state index in [4.69, 9.17) is 4.43 Å². The number of hydrogen-bond acceptors (Lipinski definition) is 3. The number of aromatic nitrogens is 1. The van der Waals surface area contributed by atoms with Crippen LogP contribution in [0.4, 0.5) is 13.2 Å². The molecule has 0 atom stereocenters.